The first-order valence-electron chi connectivity index (χ1n) is 11.6. The number of hydrogen-bond acceptors (Lipinski definition) is 5. The Morgan fingerprint density at radius 1 is 1.09 bits per heavy atom. The summed E-state index contributed by atoms with van der Waals surface area (Å²) < 4.78 is 0. The summed E-state index contributed by atoms with van der Waals surface area (Å²) in [5.41, 5.74) is 4.46. The van der Waals surface area contributed by atoms with Gasteiger partial charge in [0.05, 0.1) is 11.2 Å². The first-order valence-corrected chi connectivity index (χ1v) is 11.6. The molecule has 178 valence electrons. The number of nitrogens with zero attached hydrogens (tertiary/aromatic N) is 3. The normalized spacial score (nSPS) is 17.1. The number of hydrogen-bond donors (Lipinski definition) is 1. The first-order chi connectivity index (χ1) is 16.1. The molecule has 2 heterocycles. The minimum absolute atomic E-state index is 0.105. The van der Waals surface area contributed by atoms with Gasteiger partial charge in [-0.2, -0.15) is 0 Å². The van der Waals surface area contributed by atoms with Crippen molar-refractivity contribution in [3.8, 4) is 11.3 Å². The van der Waals surface area contributed by atoms with Crippen molar-refractivity contribution in [3.05, 3.63) is 60.2 Å². The van der Waals surface area contributed by atoms with E-state index < -0.39 is 6.09 Å². The van der Waals surface area contributed by atoms with E-state index in [2.05, 4.69) is 43.1 Å². The van der Waals surface area contributed by atoms with Crippen LogP contribution in [0, 0.1) is 5.41 Å². The summed E-state index contributed by atoms with van der Waals surface area (Å²) >= 11 is 0. The van der Waals surface area contributed by atoms with Gasteiger partial charge < -0.3 is 20.1 Å². The second-order valence-corrected chi connectivity index (χ2v) is 10.0. The topological polar surface area (TPSA) is 88.6 Å². The third kappa shape index (κ3) is 5.20. The van der Waals surface area contributed by atoms with Crippen LogP contribution in [-0.2, 0) is 11.3 Å². The molecule has 0 spiro atoms. The van der Waals surface area contributed by atoms with Crippen molar-refractivity contribution in [1.29, 1.82) is 0 Å². The van der Waals surface area contributed by atoms with E-state index in [1.165, 1.54) is 11.8 Å². The van der Waals surface area contributed by atoms with Crippen LogP contribution in [0.4, 0.5) is 10.5 Å². The standard InChI is InChI=1S/C27H32N4O3/c1-18(32)28-21-11-9-19(10-12-21)24-15-20(22-7-5-6-8-23(22)29-24)16-30-13-14-31(26(33)34)25(17-30)27(2,3)4/h5-12,15,25H,13-14,16-17H2,1-4H3,(H,28,32)(H,33,34)/p-1. The number of anilines is 1. The minimum atomic E-state index is -1.10. The third-order valence-corrected chi connectivity index (χ3v) is 6.40. The van der Waals surface area contributed by atoms with Crippen molar-refractivity contribution >= 4 is 28.6 Å². The van der Waals surface area contributed by atoms with Crippen molar-refractivity contribution in [2.45, 2.75) is 40.3 Å². The van der Waals surface area contributed by atoms with Gasteiger partial charge in [0, 0.05) is 55.8 Å². The van der Waals surface area contributed by atoms with Crippen LogP contribution < -0.4 is 10.4 Å². The SMILES string of the molecule is CC(=O)Nc1ccc(-c2cc(CN3CCN(C(=O)[O-])C(C(C)(C)C)C3)c3ccccc3n2)cc1. The van der Waals surface area contributed by atoms with Crippen LogP contribution in [0.3, 0.4) is 0 Å². The quantitative estimate of drug-likeness (QED) is 0.642. The number of nitrogens with one attached hydrogen (secondary N) is 1. The van der Waals surface area contributed by atoms with Gasteiger partial charge >= 0.3 is 0 Å². The number of carbonyl (C=O) groups is 2. The molecule has 7 heteroatoms. The Labute approximate surface area is 200 Å². The molecule has 0 radical (unpaired) electrons. The zero-order valence-electron chi connectivity index (χ0n) is 20.2. The predicted molar refractivity (Wildman–Crippen MR) is 132 cm³/mol. The number of piperazine rings is 1. The van der Waals surface area contributed by atoms with E-state index in [-0.39, 0.29) is 17.4 Å². The lowest BCUT2D eigenvalue weighted by Gasteiger charge is -2.48. The Balaban J connectivity index is 1.65. The fourth-order valence-corrected chi connectivity index (χ4v) is 4.64. The maximum atomic E-state index is 11.7. The van der Waals surface area contributed by atoms with Crippen molar-refractivity contribution in [3.63, 3.8) is 0 Å². The highest BCUT2D eigenvalue weighted by Gasteiger charge is 2.35. The molecule has 1 saturated heterocycles. The van der Waals surface area contributed by atoms with Crippen molar-refractivity contribution in [2.24, 2.45) is 5.41 Å². The summed E-state index contributed by atoms with van der Waals surface area (Å²) in [6, 6.07) is 17.7. The smallest absolute Gasteiger partial charge is 0.221 e. The number of aromatic nitrogens is 1. The van der Waals surface area contributed by atoms with Crippen LogP contribution in [0.25, 0.3) is 22.2 Å². The summed E-state index contributed by atoms with van der Waals surface area (Å²) in [6.07, 6.45) is -1.10. The van der Waals surface area contributed by atoms with Gasteiger partial charge in [0.1, 0.15) is 6.09 Å². The molecule has 3 aromatic rings. The van der Waals surface area contributed by atoms with Gasteiger partial charge in [-0.15, -0.1) is 0 Å². The van der Waals surface area contributed by atoms with Gasteiger partial charge in [-0.1, -0.05) is 51.1 Å². The van der Waals surface area contributed by atoms with Gasteiger partial charge in [-0.25, -0.2) is 4.98 Å². The summed E-state index contributed by atoms with van der Waals surface area (Å²) in [5.74, 6) is -0.105. The maximum Gasteiger partial charge on any atom is 0.221 e. The molecule has 0 bridgehead atoms. The van der Waals surface area contributed by atoms with Crippen LogP contribution in [-0.4, -0.2) is 52.5 Å². The van der Waals surface area contributed by atoms with Crippen LogP contribution >= 0.6 is 0 Å². The molecule has 1 aliphatic rings. The fourth-order valence-electron chi connectivity index (χ4n) is 4.64. The highest BCUT2D eigenvalue weighted by atomic mass is 16.4. The summed E-state index contributed by atoms with van der Waals surface area (Å²) in [4.78, 5) is 31.7. The Morgan fingerprint density at radius 3 is 2.44 bits per heavy atom. The Morgan fingerprint density at radius 2 is 1.79 bits per heavy atom. The molecule has 1 aliphatic heterocycles. The average Bonchev–Trinajstić information content (AvgIpc) is 2.78. The molecule has 34 heavy (non-hydrogen) atoms. The van der Waals surface area contributed by atoms with E-state index in [1.54, 1.807) is 0 Å². The highest BCUT2D eigenvalue weighted by Crippen LogP contribution is 2.30. The maximum absolute atomic E-state index is 11.7. The molecular formula is C27H31N4O3-. The van der Waals surface area contributed by atoms with E-state index in [9.17, 15) is 14.7 Å². The van der Waals surface area contributed by atoms with E-state index in [0.717, 1.165) is 33.4 Å². The lowest BCUT2D eigenvalue weighted by molar-refractivity contribution is -0.272. The van der Waals surface area contributed by atoms with E-state index in [1.807, 2.05) is 42.5 Å². The first kappa shape index (κ1) is 23.7. The van der Waals surface area contributed by atoms with Crippen molar-refractivity contribution in [1.82, 2.24) is 14.8 Å². The second kappa shape index (κ2) is 9.43. The lowest BCUT2D eigenvalue weighted by Crippen LogP contribution is -2.62. The van der Waals surface area contributed by atoms with Gasteiger partial charge in [0.15, 0.2) is 0 Å². The monoisotopic (exact) mass is 459 g/mol. The zero-order valence-corrected chi connectivity index (χ0v) is 20.2. The van der Waals surface area contributed by atoms with Gasteiger partial charge in [0.25, 0.3) is 0 Å². The Bertz CT molecular complexity index is 1200. The minimum Gasteiger partial charge on any atom is -0.530 e. The number of pyridine rings is 1. The number of amides is 2. The molecule has 1 unspecified atom stereocenters. The van der Waals surface area contributed by atoms with Crippen LogP contribution in [0.2, 0.25) is 0 Å². The molecular weight excluding hydrogens is 428 g/mol. The molecule has 0 saturated carbocycles. The van der Waals surface area contributed by atoms with Gasteiger partial charge in [-0.05, 0) is 35.2 Å². The summed E-state index contributed by atoms with van der Waals surface area (Å²) in [7, 11) is 0. The zero-order chi connectivity index (χ0) is 24.5. The van der Waals surface area contributed by atoms with Crippen LogP contribution in [0.1, 0.15) is 33.3 Å². The Hall–Kier alpha value is -3.45. The largest absolute Gasteiger partial charge is 0.530 e. The number of carboxylic acid groups (broad SMARTS) is 1. The van der Waals surface area contributed by atoms with E-state index >= 15 is 0 Å². The molecule has 4 rings (SSSR count). The molecule has 1 atom stereocenters. The van der Waals surface area contributed by atoms with E-state index in [0.29, 0.717) is 26.2 Å². The second-order valence-electron chi connectivity index (χ2n) is 10.0. The summed E-state index contributed by atoms with van der Waals surface area (Å²) in [5, 5.41) is 15.6. The molecule has 1 fully saturated rings. The highest BCUT2D eigenvalue weighted by molar-refractivity contribution is 5.89. The van der Waals surface area contributed by atoms with Crippen molar-refractivity contribution in [2.75, 3.05) is 25.0 Å². The van der Waals surface area contributed by atoms with Crippen LogP contribution in [0.5, 0.6) is 0 Å². The molecule has 1 aromatic heterocycles. The van der Waals surface area contributed by atoms with E-state index in [4.69, 9.17) is 4.98 Å². The molecule has 7 nitrogen and oxygen atoms in total. The average molecular weight is 460 g/mol. The van der Waals surface area contributed by atoms with Gasteiger partial charge in [-0.3, -0.25) is 9.69 Å². The van der Waals surface area contributed by atoms with Gasteiger partial charge in [0.2, 0.25) is 5.91 Å². The number of para-hydroxylation sites is 1. The molecule has 2 aromatic carbocycles. The summed E-state index contributed by atoms with van der Waals surface area (Å²) in [6.45, 7) is 10.1. The number of carbonyl (C=O) groups excluding carboxylic acids is 2. The third-order valence-electron chi connectivity index (χ3n) is 6.40. The number of benzene rings is 2. The van der Waals surface area contributed by atoms with Crippen molar-refractivity contribution < 1.29 is 14.7 Å². The lowest BCUT2D eigenvalue weighted by atomic mass is 9.84. The van der Waals surface area contributed by atoms with Crippen LogP contribution in [0.15, 0.2) is 54.6 Å². The Kier molecular flexibility index (Phi) is 6.57. The number of rotatable bonds is 4. The fraction of sp³-hybridized carbons (Fsp3) is 0.370. The number of fused-ring (bicyclic) bond motifs is 1. The predicted octanol–water partition coefficient (Wildman–Crippen LogP) is 3.74. The molecule has 2 amide bonds. The molecule has 0 aliphatic carbocycles. The molecule has 1 N–H and O–H groups in total.